The van der Waals surface area contributed by atoms with Gasteiger partial charge in [-0.15, -0.1) is 0 Å². The zero-order chi connectivity index (χ0) is 28.2. The Balaban J connectivity index is 1.39. The van der Waals surface area contributed by atoms with Crippen molar-refractivity contribution < 1.29 is 8.42 Å². The number of hydrogen-bond acceptors (Lipinski definition) is 5. The fraction of sp³-hybridized carbons (Fsp3) is 0.387. The molecular formula is C31H38N4O3S. The van der Waals surface area contributed by atoms with Crippen LogP contribution in [0.3, 0.4) is 0 Å². The summed E-state index contributed by atoms with van der Waals surface area (Å²) in [5.74, 6) is 0.749. The van der Waals surface area contributed by atoms with Gasteiger partial charge in [-0.1, -0.05) is 75.4 Å². The topological polar surface area (TPSA) is 86.8 Å². The first-order chi connectivity index (χ1) is 18.4. The molecule has 0 bridgehead atoms. The molecular weight excluding hydrogens is 508 g/mol. The second kappa shape index (κ2) is 11.7. The third-order valence-electron chi connectivity index (χ3n) is 6.80. The van der Waals surface area contributed by atoms with Crippen LogP contribution < -0.4 is 5.69 Å². The summed E-state index contributed by atoms with van der Waals surface area (Å²) in [5, 5.41) is 4.68. The van der Waals surface area contributed by atoms with E-state index >= 15 is 0 Å². The Morgan fingerprint density at radius 3 is 2.15 bits per heavy atom. The highest BCUT2D eigenvalue weighted by atomic mass is 32.2. The predicted molar refractivity (Wildman–Crippen MR) is 157 cm³/mol. The lowest BCUT2D eigenvalue weighted by atomic mass is 9.87. The minimum absolute atomic E-state index is 0.0673. The first-order valence-electron chi connectivity index (χ1n) is 13.4. The first-order valence-corrected chi connectivity index (χ1v) is 15.5. The summed E-state index contributed by atoms with van der Waals surface area (Å²) in [6.07, 6.45) is 3.67. The van der Waals surface area contributed by atoms with E-state index in [0.717, 1.165) is 41.9 Å². The molecule has 4 rings (SSSR count). The quantitative estimate of drug-likeness (QED) is 0.273. The minimum Gasteiger partial charge on any atom is -0.279 e. The molecule has 0 aliphatic heterocycles. The molecule has 0 saturated heterocycles. The van der Waals surface area contributed by atoms with Crippen LogP contribution in [-0.2, 0) is 46.9 Å². The standard InChI is InChI=1S/C31H38N4O3S/c1-6-34-29(33-35(30(34)36)21-24-15-19-26(20-16-24)31(2,3)4)12-7-9-23-13-17-25(18-14-23)28-11-8-10-27(32-28)22-39(5,37)38/h8,10-11,13-20H,6-7,9,12,21-22H2,1-5H3. The van der Waals surface area contributed by atoms with Crippen molar-refractivity contribution in [2.24, 2.45) is 0 Å². The van der Waals surface area contributed by atoms with Crippen molar-refractivity contribution in [2.75, 3.05) is 6.26 Å². The third kappa shape index (κ3) is 7.53. The molecule has 2 heterocycles. The number of hydrogen-bond donors (Lipinski definition) is 0. The monoisotopic (exact) mass is 546 g/mol. The van der Waals surface area contributed by atoms with Gasteiger partial charge in [0.15, 0.2) is 9.84 Å². The molecule has 0 saturated carbocycles. The lowest BCUT2D eigenvalue weighted by Crippen LogP contribution is -2.25. The van der Waals surface area contributed by atoms with Crippen LogP contribution >= 0.6 is 0 Å². The minimum atomic E-state index is -3.14. The smallest absolute Gasteiger partial charge is 0.279 e. The number of sulfone groups is 1. The maximum atomic E-state index is 13.0. The van der Waals surface area contributed by atoms with E-state index in [4.69, 9.17) is 0 Å². The normalized spacial score (nSPS) is 12.1. The van der Waals surface area contributed by atoms with Crippen LogP contribution in [0, 0.1) is 0 Å². The van der Waals surface area contributed by atoms with Crippen LogP contribution in [0.25, 0.3) is 11.3 Å². The van der Waals surface area contributed by atoms with Gasteiger partial charge in [-0.05, 0) is 54.0 Å². The number of pyridine rings is 1. The van der Waals surface area contributed by atoms with Crippen molar-refractivity contribution in [2.45, 2.75) is 71.2 Å². The molecule has 2 aromatic heterocycles. The fourth-order valence-corrected chi connectivity index (χ4v) is 5.35. The lowest BCUT2D eigenvalue weighted by molar-refractivity contribution is 0.588. The van der Waals surface area contributed by atoms with Crippen LogP contribution in [0.4, 0.5) is 0 Å². The van der Waals surface area contributed by atoms with E-state index in [2.05, 4.69) is 67.3 Å². The molecule has 2 aromatic carbocycles. The Bertz CT molecular complexity index is 1580. The second-order valence-corrected chi connectivity index (χ2v) is 13.3. The third-order valence-corrected chi connectivity index (χ3v) is 7.62. The molecule has 0 N–H and O–H groups in total. The summed E-state index contributed by atoms with van der Waals surface area (Å²) >= 11 is 0. The number of rotatable bonds is 10. The fourth-order valence-electron chi connectivity index (χ4n) is 4.66. The average molecular weight is 547 g/mol. The van der Waals surface area contributed by atoms with E-state index in [1.807, 2.05) is 31.2 Å². The van der Waals surface area contributed by atoms with Crippen molar-refractivity contribution in [1.29, 1.82) is 0 Å². The van der Waals surface area contributed by atoms with Gasteiger partial charge in [-0.25, -0.2) is 17.9 Å². The summed E-state index contributed by atoms with van der Waals surface area (Å²) < 4.78 is 26.6. The van der Waals surface area contributed by atoms with Crippen molar-refractivity contribution in [3.63, 3.8) is 0 Å². The Kier molecular flexibility index (Phi) is 8.54. The highest BCUT2D eigenvalue weighted by Crippen LogP contribution is 2.22. The molecule has 0 spiro atoms. The highest BCUT2D eigenvalue weighted by Gasteiger charge is 2.15. The van der Waals surface area contributed by atoms with Gasteiger partial charge in [-0.3, -0.25) is 9.55 Å². The van der Waals surface area contributed by atoms with E-state index in [-0.39, 0.29) is 16.9 Å². The average Bonchev–Trinajstić information content (AvgIpc) is 3.17. The maximum Gasteiger partial charge on any atom is 0.346 e. The number of benzene rings is 2. The Morgan fingerprint density at radius 2 is 1.54 bits per heavy atom. The molecule has 0 aliphatic carbocycles. The molecule has 0 aliphatic rings. The van der Waals surface area contributed by atoms with Gasteiger partial charge in [0.2, 0.25) is 0 Å². The Labute approximate surface area is 231 Å². The van der Waals surface area contributed by atoms with Crippen molar-refractivity contribution in [3.8, 4) is 11.3 Å². The van der Waals surface area contributed by atoms with Gasteiger partial charge in [0.1, 0.15) is 5.82 Å². The zero-order valence-electron chi connectivity index (χ0n) is 23.5. The number of aromatic nitrogens is 4. The van der Waals surface area contributed by atoms with Gasteiger partial charge in [-0.2, -0.15) is 5.10 Å². The van der Waals surface area contributed by atoms with E-state index in [1.54, 1.807) is 15.3 Å². The highest BCUT2D eigenvalue weighted by molar-refractivity contribution is 7.89. The summed E-state index contributed by atoms with van der Waals surface area (Å²) in [4.78, 5) is 17.5. The Morgan fingerprint density at radius 1 is 0.872 bits per heavy atom. The van der Waals surface area contributed by atoms with Crippen LogP contribution in [0.1, 0.15) is 62.3 Å². The van der Waals surface area contributed by atoms with Crippen LogP contribution in [0.5, 0.6) is 0 Å². The van der Waals surface area contributed by atoms with Crippen molar-refractivity contribution in [1.82, 2.24) is 19.3 Å². The lowest BCUT2D eigenvalue weighted by Gasteiger charge is -2.19. The van der Waals surface area contributed by atoms with Crippen LogP contribution in [-0.4, -0.2) is 34.0 Å². The summed E-state index contributed by atoms with van der Waals surface area (Å²) in [7, 11) is -3.14. The van der Waals surface area contributed by atoms with Gasteiger partial charge >= 0.3 is 5.69 Å². The molecule has 39 heavy (non-hydrogen) atoms. The molecule has 0 radical (unpaired) electrons. The SMILES string of the molecule is CCn1c(CCCc2ccc(-c3cccc(CS(C)(=O)=O)n3)cc2)nn(Cc2ccc(C(C)(C)C)cc2)c1=O. The predicted octanol–water partition coefficient (Wildman–Crippen LogP) is 5.19. The van der Waals surface area contributed by atoms with Gasteiger partial charge in [0.05, 0.1) is 23.7 Å². The molecule has 206 valence electrons. The van der Waals surface area contributed by atoms with Crippen molar-refractivity contribution >= 4 is 9.84 Å². The van der Waals surface area contributed by atoms with Crippen molar-refractivity contribution in [3.05, 3.63) is 105 Å². The largest absolute Gasteiger partial charge is 0.346 e. The van der Waals surface area contributed by atoms with E-state index in [0.29, 0.717) is 18.8 Å². The van der Waals surface area contributed by atoms with E-state index in [1.165, 1.54) is 17.4 Å². The van der Waals surface area contributed by atoms with E-state index < -0.39 is 9.84 Å². The zero-order valence-corrected chi connectivity index (χ0v) is 24.3. The maximum absolute atomic E-state index is 13.0. The first kappa shape index (κ1) is 28.5. The molecule has 8 heteroatoms. The van der Waals surface area contributed by atoms with Gasteiger partial charge < -0.3 is 0 Å². The summed E-state index contributed by atoms with van der Waals surface area (Å²) in [6.45, 7) is 9.61. The Hall–Kier alpha value is -3.52. The summed E-state index contributed by atoms with van der Waals surface area (Å²) in [5.41, 5.74) is 5.79. The van der Waals surface area contributed by atoms with E-state index in [9.17, 15) is 13.2 Å². The van der Waals surface area contributed by atoms with Gasteiger partial charge in [0.25, 0.3) is 0 Å². The second-order valence-electron chi connectivity index (χ2n) is 11.2. The van der Waals surface area contributed by atoms with Gasteiger partial charge in [0, 0.05) is 24.8 Å². The van der Waals surface area contributed by atoms with Crippen LogP contribution in [0.15, 0.2) is 71.5 Å². The molecule has 7 nitrogen and oxygen atoms in total. The molecule has 0 atom stereocenters. The number of aryl methyl sites for hydroxylation is 2. The molecule has 0 unspecified atom stereocenters. The molecule has 0 fully saturated rings. The number of nitrogens with zero attached hydrogens (tertiary/aromatic N) is 4. The molecule has 4 aromatic rings. The molecule has 0 amide bonds. The summed E-state index contributed by atoms with van der Waals surface area (Å²) in [6, 6.07) is 22.1. The van der Waals surface area contributed by atoms with Crippen LogP contribution in [0.2, 0.25) is 0 Å².